The number of carbonyl (C=O) groups excluding carboxylic acids is 4. The molecule has 0 saturated carbocycles. The number of benzene rings is 3. The number of aromatic hydroxyl groups is 1. The van der Waals surface area contributed by atoms with Crippen molar-refractivity contribution in [2.45, 2.75) is 44.6 Å². The van der Waals surface area contributed by atoms with Gasteiger partial charge in [0.1, 0.15) is 24.0 Å². The molecule has 4 N–H and O–H groups in total. The van der Waals surface area contributed by atoms with E-state index in [9.17, 15) is 37.5 Å². The summed E-state index contributed by atoms with van der Waals surface area (Å²) in [6.45, 7) is 0.848. The number of nitrogens with zero attached hydrogens (tertiary/aromatic N) is 4. The lowest BCUT2D eigenvalue weighted by Gasteiger charge is -2.33. The third-order valence-electron chi connectivity index (χ3n) is 9.74. The Kier molecular flexibility index (Phi) is 8.24. The third-order valence-corrected chi connectivity index (χ3v) is 11.1. The fourth-order valence-electron chi connectivity index (χ4n) is 7.12. The number of fused-ring (bicyclic) bond motifs is 2. The lowest BCUT2D eigenvalue weighted by molar-refractivity contribution is -0.135. The highest BCUT2D eigenvalue weighted by atomic mass is 32.2. The number of rotatable bonds is 7. The summed E-state index contributed by atoms with van der Waals surface area (Å²) >= 11 is 0. The number of hydrogen-bond acceptors (Lipinski definition) is 9. The third kappa shape index (κ3) is 5.90. The summed E-state index contributed by atoms with van der Waals surface area (Å²) in [5.74, 6) is -3.27. The summed E-state index contributed by atoms with van der Waals surface area (Å²) in [5, 5.41) is 15.8. The molecule has 0 bridgehead atoms. The molecular weight excluding hydrogens is 673 g/mol. The molecule has 0 radical (unpaired) electrons. The number of amides is 4. The zero-order valence-electron chi connectivity index (χ0n) is 26.9. The maximum atomic E-state index is 15.4. The van der Waals surface area contributed by atoms with Gasteiger partial charge >= 0.3 is 15.9 Å². The van der Waals surface area contributed by atoms with Crippen LogP contribution in [0.3, 0.4) is 0 Å². The summed E-state index contributed by atoms with van der Waals surface area (Å²) in [6.07, 6.45) is 3.06. The van der Waals surface area contributed by atoms with Crippen LogP contribution in [0.2, 0.25) is 0 Å². The molecule has 4 heterocycles. The molecule has 3 aliphatic rings. The fraction of sp³-hybridized carbons (Fsp3) is 0.364. The highest BCUT2D eigenvalue weighted by Gasteiger charge is 2.38. The monoisotopic (exact) mass is 707 g/mol. The number of phenolic OH excluding ortho intramolecular Hbond substituents is 1. The van der Waals surface area contributed by atoms with Gasteiger partial charge in [-0.1, -0.05) is 0 Å². The molecule has 1 atom stereocenters. The molecule has 50 heavy (non-hydrogen) atoms. The van der Waals surface area contributed by atoms with Gasteiger partial charge in [0.15, 0.2) is 5.82 Å². The van der Waals surface area contributed by atoms with E-state index in [4.69, 9.17) is 0 Å². The molecule has 17 heteroatoms. The van der Waals surface area contributed by atoms with Crippen molar-refractivity contribution in [2.24, 2.45) is 13.0 Å². The largest absolute Gasteiger partial charge is 0.506 e. The molecule has 3 aromatic carbocycles. The van der Waals surface area contributed by atoms with Gasteiger partial charge in [-0.2, -0.15) is 8.42 Å². The van der Waals surface area contributed by atoms with Crippen molar-refractivity contribution in [3.63, 3.8) is 0 Å². The Hall–Kier alpha value is -5.45. The minimum absolute atomic E-state index is 0.00497. The maximum absolute atomic E-state index is 15.4. The summed E-state index contributed by atoms with van der Waals surface area (Å²) in [7, 11) is -2.67. The smallest absolute Gasteiger partial charge is 0.329 e. The first-order valence-corrected chi connectivity index (χ1v) is 17.6. The van der Waals surface area contributed by atoms with Gasteiger partial charge in [0, 0.05) is 49.7 Å². The Morgan fingerprint density at radius 3 is 2.46 bits per heavy atom. The number of piperidine rings is 2. The molecule has 7 rings (SSSR count). The highest BCUT2D eigenvalue weighted by Crippen LogP contribution is 2.39. The van der Waals surface area contributed by atoms with E-state index >= 15 is 4.39 Å². The Morgan fingerprint density at radius 2 is 1.76 bits per heavy atom. The van der Waals surface area contributed by atoms with Crippen molar-refractivity contribution in [2.75, 3.05) is 34.2 Å². The fourth-order valence-corrected chi connectivity index (χ4v) is 8.28. The lowest BCUT2D eigenvalue weighted by atomic mass is 9.91. The number of imide groups is 1. The first kappa shape index (κ1) is 33.1. The van der Waals surface area contributed by atoms with E-state index < -0.39 is 51.9 Å². The van der Waals surface area contributed by atoms with Crippen molar-refractivity contribution >= 4 is 72.7 Å². The Balaban J connectivity index is 0.958. The van der Waals surface area contributed by atoms with Gasteiger partial charge in [-0.15, -0.1) is 0 Å². The van der Waals surface area contributed by atoms with Crippen molar-refractivity contribution in [3.8, 4) is 5.75 Å². The Bertz CT molecular complexity index is 2280. The molecule has 1 unspecified atom stereocenters. The highest BCUT2D eigenvalue weighted by molar-refractivity contribution is 7.92. The predicted molar refractivity (Wildman–Crippen MR) is 181 cm³/mol. The van der Waals surface area contributed by atoms with Crippen LogP contribution < -0.4 is 30.3 Å². The minimum atomic E-state index is -4.33. The molecule has 262 valence electrons. The van der Waals surface area contributed by atoms with Crippen LogP contribution >= 0.6 is 0 Å². The second-order valence-corrected chi connectivity index (χ2v) is 14.5. The first-order chi connectivity index (χ1) is 23.8. The number of imidazole rings is 1. The van der Waals surface area contributed by atoms with Gasteiger partial charge in [0.25, 0.3) is 5.91 Å². The van der Waals surface area contributed by atoms with E-state index in [0.29, 0.717) is 33.4 Å². The number of aromatic nitrogens is 2. The molecule has 3 saturated heterocycles. The molecule has 15 nitrogen and oxygen atoms in total. The SMILES string of the molecule is Cn1c(=O)n(C2CCC(=O)NC2=O)c2ccc(N3CCC(CCC(=O)Nc4ccc5c(F)c(N6CC(=O)NS6(=O)=O)c(O)cc5c4)CC3)cc21. The van der Waals surface area contributed by atoms with Gasteiger partial charge in [-0.3, -0.25) is 33.6 Å². The summed E-state index contributed by atoms with van der Waals surface area (Å²) in [4.78, 5) is 63.9. The average Bonchev–Trinajstić information content (AvgIpc) is 3.48. The van der Waals surface area contributed by atoms with E-state index in [1.165, 1.54) is 33.4 Å². The van der Waals surface area contributed by atoms with Crippen LogP contribution in [0, 0.1) is 11.7 Å². The second kappa shape index (κ2) is 12.5. The zero-order valence-corrected chi connectivity index (χ0v) is 27.8. The van der Waals surface area contributed by atoms with Crippen LogP contribution in [0.4, 0.5) is 21.5 Å². The van der Waals surface area contributed by atoms with E-state index in [0.717, 1.165) is 31.6 Å². The topological polar surface area (TPSA) is 192 Å². The number of anilines is 3. The van der Waals surface area contributed by atoms with Gasteiger partial charge < -0.3 is 15.3 Å². The van der Waals surface area contributed by atoms with Crippen LogP contribution in [0.15, 0.2) is 47.3 Å². The van der Waals surface area contributed by atoms with Gasteiger partial charge in [0.05, 0.1) is 11.0 Å². The van der Waals surface area contributed by atoms with Gasteiger partial charge in [0.2, 0.25) is 17.7 Å². The van der Waals surface area contributed by atoms with Crippen molar-refractivity contribution in [3.05, 3.63) is 58.8 Å². The van der Waals surface area contributed by atoms with Crippen LogP contribution in [0.25, 0.3) is 21.8 Å². The molecule has 0 spiro atoms. The molecule has 4 amide bonds. The molecule has 4 aromatic rings. The summed E-state index contributed by atoms with van der Waals surface area (Å²) < 4.78 is 45.0. The maximum Gasteiger partial charge on any atom is 0.329 e. The predicted octanol–water partition coefficient (Wildman–Crippen LogP) is 2.13. The molecule has 3 fully saturated rings. The summed E-state index contributed by atoms with van der Waals surface area (Å²) in [6, 6.07) is 10.5. The van der Waals surface area contributed by atoms with E-state index in [2.05, 4.69) is 15.5 Å². The van der Waals surface area contributed by atoms with E-state index in [1.54, 1.807) is 11.8 Å². The molecule has 1 aromatic heterocycles. The Labute approximate surface area is 284 Å². The lowest BCUT2D eigenvalue weighted by Crippen LogP contribution is -2.44. The van der Waals surface area contributed by atoms with Crippen molar-refractivity contribution in [1.82, 2.24) is 19.2 Å². The number of nitrogens with one attached hydrogen (secondary N) is 3. The van der Waals surface area contributed by atoms with Crippen molar-refractivity contribution < 1.29 is 37.1 Å². The van der Waals surface area contributed by atoms with Crippen molar-refractivity contribution in [1.29, 1.82) is 0 Å². The molecule has 0 aliphatic carbocycles. The zero-order chi connectivity index (χ0) is 35.5. The quantitative estimate of drug-likeness (QED) is 0.208. The minimum Gasteiger partial charge on any atom is -0.506 e. The van der Waals surface area contributed by atoms with Crippen LogP contribution in [-0.2, 0) is 36.4 Å². The number of aryl methyl sites for hydroxylation is 1. The first-order valence-electron chi connectivity index (χ1n) is 16.2. The molecule has 3 aliphatic heterocycles. The number of hydrogen-bond donors (Lipinski definition) is 4. The van der Waals surface area contributed by atoms with E-state index in [1.807, 2.05) is 18.2 Å². The Morgan fingerprint density at radius 1 is 1.00 bits per heavy atom. The molecular formula is C33H34FN7O8S. The number of phenols is 1. The average molecular weight is 708 g/mol. The standard InChI is InChI=1S/C33H34FN7O8S/c1-38-25-16-21(4-6-23(25)41(33(38)47)24-7-9-28(44)36-32(24)46)39-12-10-18(11-13-39)2-8-27(43)35-20-3-5-22-19(14-20)15-26(42)31(30(22)34)40-17-29(45)37-50(40,48)49/h3-6,14-16,18,24,42H,2,7-13,17H2,1H3,(H,35,43)(H,37,45)(H,36,44,46). The van der Waals surface area contributed by atoms with Gasteiger partial charge in [-0.05, 0) is 79.5 Å². The van der Waals surface area contributed by atoms with Crippen LogP contribution in [0.1, 0.15) is 44.6 Å². The summed E-state index contributed by atoms with van der Waals surface area (Å²) in [5.41, 5.74) is 1.69. The number of carbonyl (C=O) groups is 4. The normalized spacial score (nSPS) is 19.6. The van der Waals surface area contributed by atoms with Crippen LogP contribution in [0.5, 0.6) is 5.75 Å². The van der Waals surface area contributed by atoms with E-state index in [-0.39, 0.29) is 47.5 Å². The van der Waals surface area contributed by atoms with Crippen LogP contribution in [-0.4, -0.2) is 65.9 Å². The van der Waals surface area contributed by atoms with Gasteiger partial charge in [-0.25, -0.2) is 18.2 Å². The second-order valence-electron chi connectivity index (χ2n) is 12.9. The number of halogens is 1.